The van der Waals surface area contributed by atoms with Gasteiger partial charge in [-0.3, -0.25) is 0 Å². The second-order valence-electron chi connectivity index (χ2n) is 3.89. The van der Waals surface area contributed by atoms with Gasteiger partial charge in [-0.15, -0.1) is 11.3 Å². The number of hydrogen-bond donors (Lipinski definition) is 1. The molecule has 1 atom stereocenters. The molecule has 1 N–H and O–H groups in total. The van der Waals surface area contributed by atoms with Crippen LogP contribution in [0.3, 0.4) is 0 Å². The van der Waals surface area contributed by atoms with Gasteiger partial charge < -0.3 is 9.84 Å². The molecule has 96 valence electrons. The lowest BCUT2D eigenvalue weighted by atomic mass is 10.1. The van der Waals surface area contributed by atoms with Crippen LogP contribution in [0.25, 0.3) is 0 Å². The van der Waals surface area contributed by atoms with Gasteiger partial charge in [0.2, 0.25) is 0 Å². The van der Waals surface area contributed by atoms with Crippen LogP contribution >= 0.6 is 22.9 Å². The van der Waals surface area contributed by atoms with E-state index in [-0.39, 0.29) is 5.75 Å². The van der Waals surface area contributed by atoms with E-state index in [2.05, 4.69) is 0 Å². The summed E-state index contributed by atoms with van der Waals surface area (Å²) in [6.07, 6.45) is -0.920. The zero-order chi connectivity index (χ0) is 13.3. The van der Waals surface area contributed by atoms with Gasteiger partial charge in [0.1, 0.15) is 6.10 Å². The van der Waals surface area contributed by atoms with Crippen LogP contribution in [0.1, 0.15) is 22.1 Å². The average molecular weight is 287 g/mol. The van der Waals surface area contributed by atoms with Gasteiger partial charge in [0.25, 0.3) is 0 Å². The van der Waals surface area contributed by atoms with E-state index in [1.165, 1.54) is 30.6 Å². The molecule has 0 radical (unpaired) electrons. The Morgan fingerprint density at radius 2 is 2.17 bits per heavy atom. The van der Waals surface area contributed by atoms with E-state index in [0.717, 1.165) is 5.56 Å². The Labute approximate surface area is 114 Å². The fourth-order valence-corrected chi connectivity index (χ4v) is 2.95. The van der Waals surface area contributed by atoms with Crippen molar-refractivity contribution in [2.75, 3.05) is 7.11 Å². The van der Waals surface area contributed by atoms with E-state index in [1.54, 1.807) is 6.07 Å². The SMILES string of the molecule is COc1ccc(C(O)c2scc(C)c2Cl)cc1F. The van der Waals surface area contributed by atoms with Crippen molar-refractivity contribution < 1.29 is 14.2 Å². The van der Waals surface area contributed by atoms with E-state index in [4.69, 9.17) is 16.3 Å². The average Bonchev–Trinajstić information content (AvgIpc) is 2.69. The van der Waals surface area contributed by atoms with Crippen molar-refractivity contribution in [1.29, 1.82) is 0 Å². The highest BCUT2D eigenvalue weighted by Crippen LogP contribution is 2.36. The molecule has 0 aliphatic carbocycles. The Morgan fingerprint density at radius 1 is 1.44 bits per heavy atom. The summed E-state index contributed by atoms with van der Waals surface area (Å²) in [4.78, 5) is 0.624. The van der Waals surface area contributed by atoms with Gasteiger partial charge in [0.05, 0.1) is 17.0 Å². The van der Waals surface area contributed by atoms with E-state index >= 15 is 0 Å². The smallest absolute Gasteiger partial charge is 0.165 e. The first-order valence-corrected chi connectivity index (χ1v) is 6.55. The second kappa shape index (κ2) is 5.26. The molecule has 0 saturated carbocycles. The molecule has 0 saturated heterocycles. The number of rotatable bonds is 3. The highest BCUT2D eigenvalue weighted by Gasteiger charge is 2.18. The summed E-state index contributed by atoms with van der Waals surface area (Å²) in [5.74, 6) is -0.349. The lowest BCUT2D eigenvalue weighted by Crippen LogP contribution is -1.99. The van der Waals surface area contributed by atoms with E-state index in [0.29, 0.717) is 15.5 Å². The zero-order valence-corrected chi connectivity index (χ0v) is 11.5. The Bertz CT molecular complexity index is 568. The molecule has 1 aromatic carbocycles. The first-order chi connectivity index (χ1) is 8.54. The summed E-state index contributed by atoms with van der Waals surface area (Å²) in [6, 6.07) is 4.37. The van der Waals surface area contributed by atoms with Crippen LogP contribution in [0.5, 0.6) is 5.75 Å². The fourth-order valence-electron chi connectivity index (χ4n) is 1.64. The monoisotopic (exact) mass is 286 g/mol. The van der Waals surface area contributed by atoms with Crippen molar-refractivity contribution in [3.8, 4) is 5.75 Å². The number of aryl methyl sites for hydroxylation is 1. The number of halogens is 2. The Balaban J connectivity index is 2.37. The Hall–Kier alpha value is -1.10. The third kappa shape index (κ3) is 2.36. The molecular weight excluding hydrogens is 275 g/mol. The third-order valence-electron chi connectivity index (χ3n) is 2.67. The first-order valence-electron chi connectivity index (χ1n) is 5.29. The zero-order valence-electron chi connectivity index (χ0n) is 9.91. The minimum atomic E-state index is -0.920. The third-order valence-corrected chi connectivity index (χ3v) is 4.43. The van der Waals surface area contributed by atoms with E-state index in [1.807, 2.05) is 12.3 Å². The lowest BCUT2D eigenvalue weighted by molar-refractivity contribution is 0.223. The molecule has 0 spiro atoms. The molecule has 2 nitrogen and oxygen atoms in total. The fraction of sp³-hybridized carbons (Fsp3) is 0.231. The molecule has 5 heteroatoms. The van der Waals surface area contributed by atoms with Crippen molar-refractivity contribution in [3.05, 3.63) is 50.4 Å². The number of benzene rings is 1. The normalized spacial score (nSPS) is 12.5. The maximum Gasteiger partial charge on any atom is 0.165 e. The largest absolute Gasteiger partial charge is 0.494 e. The molecule has 18 heavy (non-hydrogen) atoms. The first kappa shape index (κ1) is 13.3. The molecule has 0 fully saturated rings. The summed E-state index contributed by atoms with van der Waals surface area (Å²) >= 11 is 7.44. The molecular formula is C13H12ClFO2S. The molecule has 0 bridgehead atoms. The van der Waals surface area contributed by atoms with Crippen molar-refractivity contribution in [2.45, 2.75) is 13.0 Å². The van der Waals surface area contributed by atoms with E-state index in [9.17, 15) is 9.50 Å². The second-order valence-corrected chi connectivity index (χ2v) is 5.18. The highest BCUT2D eigenvalue weighted by molar-refractivity contribution is 7.10. The van der Waals surface area contributed by atoms with Gasteiger partial charge in [-0.05, 0) is 35.6 Å². The number of ether oxygens (including phenoxy) is 1. The number of methoxy groups -OCH3 is 1. The standard InChI is InChI=1S/C13H12ClFO2S/c1-7-6-18-13(11(7)14)12(16)8-3-4-10(17-2)9(15)5-8/h3-6,12,16H,1-2H3. The molecule has 1 unspecified atom stereocenters. The van der Waals surface area contributed by atoms with Crippen LogP contribution in [0, 0.1) is 12.7 Å². The minimum absolute atomic E-state index is 0.152. The number of thiophene rings is 1. The molecule has 0 aliphatic heterocycles. The van der Waals surface area contributed by atoms with Crippen LogP contribution in [0.4, 0.5) is 4.39 Å². The van der Waals surface area contributed by atoms with Crippen LogP contribution < -0.4 is 4.74 Å². The summed E-state index contributed by atoms with van der Waals surface area (Å²) in [5.41, 5.74) is 1.36. The number of aliphatic hydroxyl groups is 1. The lowest BCUT2D eigenvalue weighted by Gasteiger charge is -2.11. The Kier molecular flexibility index (Phi) is 3.90. The number of hydrogen-bond acceptors (Lipinski definition) is 3. The molecule has 1 heterocycles. The maximum absolute atomic E-state index is 13.6. The Morgan fingerprint density at radius 3 is 2.67 bits per heavy atom. The summed E-state index contributed by atoms with van der Waals surface area (Å²) in [7, 11) is 1.40. The van der Waals surface area contributed by atoms with Crippen LogP contribution in [-0.2, 0) is 0 Å². The topological polar surface area (TPSA) is 29.5 Å². The summed E-state index contributed by atoms with van der Waals surface area (Å²) in [5, 5.41) is 12.6. The number of aliphatic hydroxyl groups excluding tert-OH is 1. The molecule has 0 aliphatic rings. The van der Waals surface area contributed by atoms with Crippen molar-refractivity contribution in [1.82, 2.24) is 0 Å². The van der Waals surface area contributed by atoms with Gasteiger partial charge in [0.15, 0.2) is 11.6 Å². The van der Waals surface area contributed by atoms with Gasteiger partial charge >= 0.3 is 0 Å². The maximum atomic E-state index is 13.6. The van der Waals surface area contributed by atoms with Gasteiger partial charge in [-0.1, -0.05) is 17.7 Å². The molecule has 2 rings (SSSR count). The van der Waals surface area contributed by atoms with E-state index < -0.39 is 11.9 Å². The molecule has 0 amide bonds. The van der Waals surface area contributed by atoms with Gasteiger partial charge in [-0.25, -0.2) is 4.39 Å². The predicted octanol–water partition coefficient (Wildman–Crippen LogP) is 3.94. The summed E-state index contributed by atoms with van der Waals surface area (Å²) < 4.78 is 18.4. The molecule has 1 aromatic heterocycles. The van der Waals surface area contributed by atoms with Gasteiger partial charge in [-0.2, -0.15) is 0 Å². The van der Waals surface area contributed by atoms with Crippen LogP contribution in [0.15, 0.2) is 23.6 Å². The summed E-state index contributed by atoms with van der Waals surface area (Å²) in [6.45, 7) is 1.86. The van der Waals surface area contributed by atoms with Gasteiger partial charge in [0, 0.05) is 0 Å². The van der Waals surface area contributed by atoms with Crippen molar-refractivity contribution in [3.63, 3.8) is 0 Å². The van der Waals surface area contributed by atoms with Crippen molar-refractivity contribution in [2.24, 2.45) is 0 Å². The minimum Gasteiger partial charge on any atom is -0.494 e. The van der Waals surface area contributed by atoms with Crippen molar-refractivity contribution >= 4 is 22.9 Å². The van der Waals surface area contributed by atoms with Crippen LogP contribution in [-0.4, -0.2) is 12.2 Å². The molecule has 2 aromatic rings. The highest BCUT2D eigenvalue weighted by atomic mass is 35.5. The predicted molar refractivity (Wildman–Crippen MR) is 71.1 cm³/mol. The quantitative estimate of drug-likeness (QED) is 0.926. The van der Waals surface area contributed by atoms with Crippen LogP contribution in [0.2, 0.25) is 5.02 Å².